The van der Waals surface area contributed by atoms with Gasteiger partial charge in [0.25, 0.3) is 5.91 Å². The molecule has 0 unspecified atom stereocenters. The van der Waals surface area contributed by atoms with Gasteiger partial charge in [0.05, 0.1) is 21.8 Å². The third kappa shape index (κ3) is 3.37. The molecule has 0 saturated carbocycles. The number of amides is 1. The molecule has 0 fully saturated rings. The molecular weight excluding hydrogens is 343 g/mol. The monoisotopic (exact) mass is 358 g/mol. The molecule has 2 aromatic carbocycles. The van der Waals surface area contributed by atoms with Gasteiger partial charge in [-0.1, -0.05) is 55.2 Å². The third-order valence-electron chi connectivity index (χ3n) is 3.75. The molecule has 1 aromatic heterocycles. The van der Waals surface area contributed by atoms with Crippen molar-refractivity contribution >= 4 is 45.7 Å². The summed E-state index contributed by atoms with van der Waals surface area (Å²) in [5.74, 6) is -0.00000145. The van der Waals surface area contributed by atoms with Crippen LogP contribution in [-0.4, -0.2) is 10.9 Å². The topological polar surface area (TPSA) is 42.0 Å². The number of nitrogens with zero attached hydrogens (tertiary/aromatic N) is 1. The van der Waals surface area contributed by atoms with Crippen molar-refractivity contribution in [1.29, 1.82) is 0 Å². The van der Waals surface area contributed by atoms with Crippen molar-refractivity contribution in [2.24, 2.45) is 0 Å². The van der Waals surface area contributed by atoms with Gasteiger partial charge in [-0.2, -0.15) is 0 Å². The van der Waals surface area contributed by atoms with E-state index in [1.54, 1.807) is 18.2 Å². The normalized spacial score (nSPS) is 11.0. The standard InChI is InChI=1S/C19H16Cl2N2O/c1-11(2)18-10-14(13-5-3-4-6-16(13)22-18)19(24)23-17-8-7-12(20)9-15(17)21/h3-11H,1-2H3,(H,23,24). The van der Waals surface area contributed by atoms with Crippen molar-refractivity contribution in [1.82, 2.24) is 4.98 Å². The molecular formula is C19H16Cl2N2O. The largest absolute Gasteiger partial charge is 0.321 e. The van der Waals surface area contributed by atoms with E-state index in [9.17, 15) is 4.79 Å². The highest BCUT2D eigenvalue weighted by Crippen LogP contribution is 2.27. The molecule has 1 amide bonds. The minimum absolute atomic E-state index is 0.222. The Morgan fingerprint density at radius 3 is 2.54 bits per heavy atom. The predicted molar refractivity (Wildman–Crippen MR) is 100 cm³/mol. The molecule has 0 aliphatic rings. The molecule has 5 heteroatoms. The van der Waals surface area contributed by atoms with E-state index in [1.807, 2.05) is 30.3 Å². The van der Waals surface area contributed by atoms with E-state index in [0.29, 0.717) is 21.3 Å². The Morgan fingerprint density at radius 1 is 1.08 bits per heavy atom. The maximum absolute atomic E-state index is 12.8. The SMILES string of the molecule is CC(C)c1cc(C(=O)Nc2ccc(Cl)cc2Cl)c2ccccc2n1. The van der Waals surface area contributed by atoms with Crippen LogP contribution in [0.15, 0.2) is 48.5 Å². The van der Waals surface area contributed by atoms with E-state index in [1.165, 1.54) is 0 Å². The molecule has 0 aliphatic carbocycles. The summed E-state index contributed by atoms with van der Waals surface area (Å²) in [6.07, 6.45) is 0. The number of para-hydroxylation sites is 1. The van der Waals surface area contributed by atoms with Crippen molar-refractivity contribution in [2.75, 3.05) is 5.32 Å². The van der Waals surface area contributed by atoms with Crippen molar-refractivity contribution in [3.63, 3.8) is 0 Å². The highest BCUT2D eigenvalue weighted by molar-refractivity contribution is 6.37. The first kappa shape index (κ1) is 16.7. The third-order valence-corrected chi connectivity index (χ3v) is 4.30. The van der Waals surface area contributed by atoms with E-state index in [4.69, 9.17) is 23.2 Å². The number of anilines is 1. The van der Waals surface area contributed by atoms with Gasteiger partial charge in [-0.15, -0.1) is 0 Å². The average Bonchev–Trinajstić information content (AvgIpc) is 2.56. The number of pyridine rings is 1. The summed E-state index contributed by atoms with van der Waals surface area (Å²) in [6.45, 7) is 4.10. The smallest absolute Gasteiger partial charge is 0.256 e. The number of carbonyl (C=O) groups excluding carboxylic acids is 1. The first-order valence-corrected chi connectivity index (χ1v) is 8.37. The zero-order valence-electron chi connectivity index (χ0n) is 13.3. The molecule has 1 N–H and O–H groups in total. The fourth-order valence-corrected chi connectivity index (χ4v) is 2.92. The number of hydrogen-bond acceptors (Lipinski definition) is 2. The van der Waals surface area contributed by atoms with Gasteiger partial charge < -0.3 is 5.32 Å². The highest BCUT2D eigenvalue weighted by Gasteiger charge is 2.15. The molecule has 3 aromatic rings. The second-order valence-electron chi connectivity index (χ2n) is 5.84. The van der Waals surface area contributed by atoms with Crippen LogP contribution in [0.3, 0.4) is 0 Å². The van der Waals surface area contributed by atoms with Crippen LogP contribution in [0.2, 0.25) is 10.0 Å². The van der Waals surface area contributed by atoms with Crippen molar-refractivity contribution in [3.05, 3.63) is 69.8 Å². The van der Waals surface area contributed by atoms with Crippen LogP contribution in [-0.2, 0) is 0 Å². The van der Waals surface area contributed by atoms with Crippen LogP contribution < -0.4 is 5.32 Å². The minimum Gasteiger partial charge on any atom is -0.321 e. The number of aromatic nitrogens is 1. The van der Waals surface area contributed by atoms with Crippen LogP contribution in [0.5, 0.6) is 0 Å². The molecule has 3 nitrogen and oxygen atoms in total. The number of halogens is 2. The second kappa shape index (κ2) is 6.80. The Balaban J connectivity index is 2.05. The van der Waals surface area contributed by atoms with E-state index in [0.717, 1.165) is 16.6 Å². The van der Waals surface area contributed by atoms with Crippen LogP contribution in [0.4, 0.5) is 5.69 Å². The number of nitrogens with one attached hydrogen (secondary N) is 1. The number of fused-ring (bicyclic) bond motifs is 1. The molecule has 0 bridgehead atoms. The first-order chi connectivity index (χ1) is 11.5. The fourth-order valence-electron chi connectivity index (χ4n) is 2.46. The summed E-state index contributed by atoms with van der Waals surface area (Å²) in [5, 5.41) is 4.59. The maximum atomic E-state index is 12.8. The Morgan fingerprint density at radius 2 is 1.83 bits per heavy atom. The van der Waals surface area contributed by atoms with E-state index in [-0.39, 0.29) is 11.8 Å². The number of rotatable bonds is 3. The van der Waals surface area contributed by atoms with Crippen LogP contribution >= 0.6 is 23.2 Å². The van der Waals surface area contributed by atoms with Gasteiger partial charge in [0.2, 0.25) is 0 Å². The van der Waals surface area contributed by atoms with E-state index in [2.05, 4.69) is 24.1 Å². The van der Waals surface area contributed by atoms with Gasteiger partial charge in [0.15, 0.2) is 0 Å². The summed E-state index contributed by atoms with van der Waals surface area (Å²) < 4.78 is 0. The van der Waals surface area contributed by atoms with Gasteiger partial charge in [-0.3, -0.25) is 9.78 Å². The lowest BCUT2D eigenvalue weighted by molar-refractivity contribution is 0.102. The predicted octanol–water partition coefficient (Wildman–Crippen LogP) is 5.92. The molecule has 0 aliphatic heterocycles. The quantitative estimate of drug-likeness (QED) is 0.631. The van der Waals surface area contributed by atoms with Crippen molar-refractivity contribution in [2.45, 2.75) is 19.8 Å². The number of carbonyl (C=O) groups is 1. The average molecular weight is 359 g/mol. The molecule has 0 atom stereocenters. The Bertz CT molecular complexity index is 922. The lowest BCUT2D eigenvalue weighted by Gasteiger charge is -2.13. The van der Waals surface area contributed by atoms with E-state index < -0.39 is 0 Å². The molecule has 1 heterocycles. The summed E-state index contributed by atoms with van der Waals surface area (Å²) in [7, 11) is 0. The lowest BCUT2D eigenvalue weighted by Crippen LogP contribution is -2.14. The molecule has 24 heavy (non-hydrogen) atoms. The summed E-state index contributed by atoms with van der Waals surface area (Å²) in [6, 6.07) is 14.4. The van der Waals surface area contributed by atoms with Gasteiger partial charge in [0, 0.05) is 16.1 Å². The van der Waals surface area contributed by atoms with Gasteiger partial charge >= 0.3 is 0 Å². The van der Waals surface area contributed by atoms with Crippen LogP contribution in [0.25, 0.3) is 10.9 Å². The Hall–Kier alpha value is -2.10. The Kier molecular flexibility index (Phi) is 4.74. The molecule has 0 radical (unpaired) electrons. The first-order valence-electron chi connectivity index (χ1n) is 7.62. The number of benzene rings is 2. The molecule has 3 rings (SSSR count). The zero-order valence-corrected chi connectivity index (χ0v) is 14.8. The van der Waals surface area contributed by atoms with Gasteiger partial charge in [0.1, 0.15) is 0 Å². The molecule has 0 saturated heterocycles. The maximum Gasteiger partial charge on any atom is 0.256 e. The summed E-state index contributed by atoms with van der Waals surface area (Å²) in [4.78, 5) is 17.4. The highest BCUT2D eigenvalue weighted by atomic mass is 35.5. The molecule has 0 spiro atoms. The number of hydrogen-bond donors (Lipinski definition) is 1. The minimum atomic E-state index is -0.222. The van der Waals surface area contributed by atoms with Crippen LogP contribution in [0.1, 0.15) is 35.8 Å². The van der Waals surface area contributed by atoms with Crippen molar-refractivity contribution in [3.8, 4) is 0 Å². The van der Waals surface area contributed by atoms with Gasteiger partial charge in [-0.05, 0) is 36.2 Å². The van der Waals surface area contributed by atoms with Crippen molar-refractivity contribution < 1.29 is 4.79 Å². The van der Waals surface area contributed by atoms with Crippen LogP contribution in [0, 0.1) is 0 Å². The lowest BCUT2D eigenvalue weighted by atomic mass is 10.0. The fraction of sp³-hybridized carbons (Fsp3) is 0.158. The summed E-state index contributed by atoms with van der Waals surface area (Å²) in [5.41, 5.74) is 2.78. The summed E-state index contributed by atoms with van der Waals surface area (Å²) >= 11 is 12.0. The Labute approximate surface area is 150 Å². The molecule has 122 valence electrons. The zero-order chi connectivity index (χ0) is 17.3. The second-order valence-corrected chi connectivity index (χ2v) is 6.69. The van der Waals surface area contributed by atoms with Gasteiger partial charge in [-0.25, -0.2) is 0 Å². The van der Waals surface area contributed by atoms with E-state index >= 15 is 0 Å².